The minimum Gasteiger partial charge on any atom is -0.302 e. The van der Waals surface area contributed by atoms with Gasteiger partial charge in [0.2, 0.25) is 11.8 Å². The van der Waals surface area contributed by atoms with Crippen molar-refractivity contribution in [3.8, 4) is 0 Å². The van der Waals surface area contributed by atoms with Gasteiger partial charge in [-0.3, -0.25) is 9.59 Å². The highest BCUT2D eigenvalue weighted by atomic mass is 32.1. The van der Waals surface area contributed by atoms with Gasteiger partial charge in [-0.15, -0.1) is 13.2 Å². The molecule has 2 N–H and O–H groups in total. The summed E-state index contributed by atoms with van der Waals surface area (Å²) in [7, 11) is 0. The average molecular weight is 238 g/mol. The SMILES string of the molecule is C=CCC1(C(C)C=C)C(=O)NC(=S)NC1=O. The summed E-state index contributed by atoms with van der Waals surface area (Å²) in [5.41, 5.74) is -1.19. The predicted octanol–water partition coefficient (Wildman–Crippen LogP) is 0.902. The fraction of sp³-hybridized carbons (Fsp3) is 0.364. The van der Waals surface area contributed by atoms with Crippen molar-refractivity contribution in [1.29, 1.82) is 0 Å². The van der Waals surface area contributed by atoms with Gasteiger partial charge in [-0.25, -0.2) is 0 Å². The van der Waals surface area contributed by atoms with Crippen LogP contribution in [0.3, 0.4) is 0 Å². The molecule has 2 amide bonds. The molecule has 0 spiro atoms. The Morgan fingerprint density at radius 1 is 1.38 bits per heavy atom. The van der Waals surface area contributed by atoms with E-state index in [1.54, 1.807) is 19.1 Å². The first-order valence-corrected chi connectivity index (χ1v) is 5.30. The second-order valence-electron chi connectivity index (χ2n) is 3.73. The van der Waals surface area contributed by atoms with E-state index in [1.807, 2.05) is 0 Å². The van der Waals surface area contributed by atoms with Crippen LogP contribution in [-0.4, -0.2) is 16.9 Å². The molecular formula is C11H14N2O2S. The van der Waals surface area contributed by atoms with Crippen molar-refractivity contribution >= 4 is 29.1 Å². The number of allylic oxidation sites excluding steroid dienone is 2. The summed E-state index contributed by atoms with van der Waals surface area (Å²) < 4.78 is 0. The molecule has 1 unspecified atom stereocenters. The molecule has 1 saturated heterocycles. The lowest BCUT2D eigenvalue weighted by atomic mass is 9.71. The topological polar surface area (TPSA) is 58.2 Å². The van der Waals surface area contributed by atoms with Gasteiger partial charge in [-0.05, 0) is 24.6 Å². The van der Waals surface area contributed by atoms with Crippen LogP contribution in [-0.2, 0) is 9.59 Å². The first-order valence-electron chi connectivity index (χ1n) is 4.89. The van der Waals surface area contributed by atoms with Gasteiger partial charge in [0, 0.05) is 0 Å². The highest BCUT2D eigenvalue weighted by molar-refractivity contribution is 7.80. The second-order valence-corrected chi connectivity index (χ2v) is 4.13. The smallest absolute Gasteiger partial charge is 0.242 e. The summed E-state index contributed by atoms with van der Waals surface area (Å²) in [6, 6.07) is 0. The molecular weight excluding hydrogens is 224 g/mol. The zero-order chi connectivity index (χ0) is 12.3. The monoisotopic (exact) mass is 238 g/mol. The molecule has 0 aromatic heterocycles. The highest BCUT2D eigenvalue weighted by Crippen LogP contribution is 2.35. The van der Waals surface area contributed by atoms with E-state index < -0.39 is 17.2 Å². The molecule has 4 nitrogen and oxygen atoms in total. The van der Waals surface area contributed by atoms with Crippen LogP contribution in [0, 0.1) is 11.3 Å². The predicted molar refractivity (Wildman–Crippen MR) is 65.5 cm³/mol. The third-order valence-electron chi connectivity index (χ3n) is 2.86. The van der Waals surface area contributed by atoms with E-state index in [9.17, 15) is 9.59 Å². The van der Waals surface area contributed by atoms with Gasteiger partial charge < -0.3 is 10.6 Å². The molecule has 0 aliphatic carbocycles. The Bertz CT molecular complexity index is 356. The maximum Gasteiger partial charge on any atom is 0.242 e. The molecule has 1 atom stereocenters. The largest absolute Gasteiger partial charge is 0.302 e. The number of amides is 2. The molecule has 5 heteroatoms. The molecule has 86 valence electrons. The normalized spacial score (nSPS) is 20.7. The van der Waals surface area contributed by atoms with Crippen molar-refractivity contribution in [2.45, 2.75) is 13.3 Å². The third kappa shape index (κ3) is 1.78. The van der Waals surface area contributed by atoms with E-state index in [0.29, 0.717) is 0 Å². The van der Waals surface area contributed by atoms with Gasteiger partial charge >= 0.3 is 0 Å². The summed E-state index contributed by atoms with van der Waals surface area (Å²) in [5.74, 6) is -1.09. The highest BCUT2D eigenvalue weighted by Gasteiger charge is 2.51. The van der Waals surface area contributed by atoms with Crippen molar-refractivity contribution in [2.75, 3.05) is 0 Å². The Labute approximate surface area is 99.8 Å². The molecule has 0 radical (unpaired) electrons. The van der Waals surface area contributed by atoms with Crippen LogP contribution in [0.5, 0.6) is 0 Å². The van der Waals surface area contributed by atoms with E-state index in [-0.39, 0.29) is 17.5 Å². The van der Waals surface area contributed by atoms with E-state index in [0.717, 1.165) is 0 Å². The number of thiocarbonyl (C=S) groups is 1. The van der Waals surface area contributed by atoms with Gasteiger partial charge in [0.1, 0.15) is 5.41 Å². The lowest BCUT2D eigenvalue weighted by Crippen LogP contribution is -2.64. The lowest BCUT2D eigenvalue weighted by molar-refractivity contribution is -0.145. The first-order chi connectivity index (χ1) is 7.48. The molecule has 1 aliphatic heterocycles. The number of carbonyl (C=O) groups excluding carboxylic acids is 2. The first kappa shape index (κ1) is 12.6. The van der Waals surface area contributed by atoms with Gasteiger partial charge in [-0.1, -0.05) is 19.1 Å². The number of nitrogens with one attached hydrogen (secondary N) is 2. The quantitative estimate of drug-likeness (QED) is 0.435. The Morgan fingerprint density at radius 2 is 1.88 bits per heavy atom. The van der Waals surface area contributed by atoms with Gasteiger partial charge in [0.25, 0.3) is 0 Å². The van der Waals surface area contributed by atoms with Crippen molar-refractivity contribution in [2.24, 2.45) is 11.3 Å². The summed E-state index contributed by atoms with van der Waals surface area (Å²) >= 11 is 4.75. The summed E-state index contributed by atoms with van der Waals surface area (Å²) in [5, 5.41) is 4.98. The van der Waals surface area contributed by atoms with E-state index >= 15 is 0 Å². The number of carbonyl (C=O) groups is 2. The molecule has 1 fully saturated rings. The van der Waals surface area contributed by atoms with Crippen molar-refractivity contribution < 1.29 is 9.59 Å². The molecule has 16 heavy (non-hydrogen) atoms. The molecule has 0 aromatic carbocycles. The Morgan fingerprint density at radius 3 is 2.25 bits per heavy atom. The van der Waals surface area contributed by atoms with Gasteiger partial charge in [-0.2, -0.15) is 0 Å². The minimum atomic E-state index is -1.19. The Balaban J connectivity index is 3.21. The second kappa shape index (κ2) is 4.57. The fourth-order valence-corrected chi connectivity index (χ4v) is 1.96. The molecule has 1 heterocycles. The molecule has 0 saturated carbocycles. The van der Waals surface area contributed by atoms with Gasteiger partial charge in [0.15, 0.2) is 5.11 Å². The summed E-state index contributed by atoms with van der Waals surface area (Å²) in [6.07, 6.45) is 3.38. The molecule has 0 aromatic rings. The van der Waals surface area contributed by atoms with Crippen LogP contribution in [0.4, 0.5) is 0 Å². The maximum atomic E-state index is 12.0. The Kier molecular flexibility index (Phi) is 3.59. The zero-order valence-electron chi connectivity index (χ0n) is 9.08. The minimum absolute atomic E-state index is 0.0472. The molecule has 1 rings (SSSR count). The van der Waals surface area contributed by atoms with Crippen LogP contribution in [0.1, 0.15) is 13.3 Å². The zero-order valence-corrected chi connectivity index (χ0v) is 9.89. The van der Waals surface area contributed by atoms with Crippen LogP contribution in [0.2, 0.25) is 0 Å². The van der Waals surface area contributed by atoms with Gasteiger partial charge in [0.05, 0.1) is 0 Å². The molecule has 0 bridgehead atoms. The number of rotatable bonds is 4. The lowest BCUT2D eigenvalue weighted by Gasteiger charge is -2.37. The van der Waals surface area contributed by atoms with Crippen molar-refractivity contribution in [3.05, 3.63) is 25.3 Å². The maximum absolute atomic E-state index is 12.0. The van der Waals surface area contributed by atoms with Crippen LogP contribution in [0.15, 0.2) is 25.3 Å². The molecule has 1 aliphatic rings. The standard InChI is InChI=1S/C11H14N2O2S/c1-4-6-11(7(3)5-2)8(14)12-10(16)13-9(11)15/h4-5,7H,1-2,6H2,3H3,(H2,12,13,14,15,16). The van der Waals surface area contributed by atoms with E-state index in [4.69, 9.17) is 12.2 Å². The summed E-state index contributed by atoms with van der Waals surface area (Å²) in [4.78, 5) is 23.9. The van der Waals surface area contributed by atoms with Crippen LogP contribution in [0.25, 0.3) is 0 Å². The van der Waals surface area contributed by atoms with Crippen molar-refractivity contribution in [3.63, 3.8) is 0 Å². The number of hydrogen-bond acceptors (Lipinski definition) is 3. The van der Waals surface area contributed by atoms with Crippen molar-refractivity contribution in [1.82, 2.24) is 10.6 Å². The number of hydrogen-bond donors (Lipinski definition) is 2. The van der Waals surface area contributed by atoms with Crippen LogP contribution < -0.4 is 10.6 Å². The van der Waals surface area contributed by atoms with E-state index in [1.165, 1.54) is 0 Å². The fourth-order valence-electron chi connectivity index (χ4n) is 1.78. The van der Waals surface area contributed by atoms with E-state index in [2.05, 4.69) is 23.8 Å². The average Bonchev–Trinajstić information content (AvgIpc) is 2.22. The Hall–Kier alpha value is -1.49. The summed E-state index contributed by atoms with van der Waals surface area (Å²) in [6.45, 7) is 8.97. The van der Waals surface area contributed by atoms with Crippen LogP contribution >= 0.6 is 12.2 Å². The third-order valence-corrected chi connectivity index (χ3v) is 3.07.